The van der Waals surface area contributed by atoms with Gasteiger partial charge in [-0.2, -0.15) is 0 Å². The van der Waals surface area contributed by atoms with Crippen LogP contribution in [-0.4, -0.2) is 60.9 Å². The van der Waals surface area contributed by atoms with Crippen molar-refractivity contribution < 1.29 is 9.59 Å². The number of amides is 2. The first-order chi connectivity index (χ1) is 12.7. The molecule has 1 heterocycles. The number of fused-ring (bicyclic) bond motifs is 1. The molecule has 1 fully saturated rings. The predicted octanol–water partition coefficient (Wildman–Crippen LogP) is 2.05. The highest BCUT2D eigenvalue weighted by Crippen LogP contribution is 2.19. The molecule has 5 nitrogen and oxygen atoms in total. The molecule has 1 aliphatic rings. The number of nitrogens with one attached hydrogen (secondary N) is 1. The van der Waals surface area contributed by atoms with Crippen molar-refractivity contribution in [2.75, 3.05) is 39.3 Å². The van der Waals surface area contributed by atoms with Crippen molar-refractivity contribution in [2.45, 2.75) is 19.8 Å². The van der Waals surface area contributed by atoms with Crippen molar-refractivity contribution >= 4 is 22.6 Å². The third-order valence-corrected chi connectivity index (χ3v) is 4.89. The molecule has 0 spiro atoms. The van der Waals surface area contributed by atoms with Gasteiger partial charge in [0, 0.05) is 32.7 Å². The lowest BCUT2D eigenvalue weighted by atomic mass is 10.0. The lowest BCUT2D eigenvalue weighted by Crippen LogP contribution is -2.51. The van der Waals surface area contributed by atoms with Crippen LogP contribution in [0.4, 0.5) is 0 Å². The van der Waals surface area contributed by atoms with E-state index in [4.69, 9.17) is 0 Å². The third-order valence-electron chi connectivity index (χ3n) is 4.89. The standard InChI is InChI=1S/C21H27N3O2/c1-2-10-22-20(25)16-23-11-13-24(14-12-23)21(26)15-18-8-5-7-17-6-3-4-9-19(17)18/h3-9H,2,10-16H2,1H3,(H,22,25). The van der Waals surface area contributed by atoms with Crippen molar-refractivity contribution in [2.24, 2.45) is 0 Å². The fraction of sp³-hybridized carbons (Fsp3) is 0.429. The summed E-state index contributed by atoms with van der Waals surface area (Å²) in [5.74, 6) is 0.235. The van der Waals surface area contributed by atoms with Crippen LogP contribution >= 0.6 is 0 Å². The number of carbonyl (C=O) groups excluding carboxylic acids is 2. The van der Waals surface area contributed by atoms with Gasteiger partial charge in [0.15, 0.2) is 0 Å². The molecule has 2 aromatic rings. The lowest BCUT2D eigenvalue weighted by molar-refractivity contribution is -0.132. The summed E-state index contributed by atoms with van der Waals surface area (Å²) in [5, 5.41) is 5.22. The minimum absolute atomic E-state index is 0.0716. The first kappa shape index (κ1) is 18.4. The Kier molecular flexibility index (Phi) is 6.23. The number of hydrogen-bond acceptors (Lipinski definition) is 3. The fourth-order valence-corrected chi connectivity index (χ4v) is 3.40. The van der Waals surface area contributed by atoms with Crippen molar-refractivity contribution in [1.29, 1.82) is 0 Å². The zero-order valence-electron chi connectivity index (χ0n) is 15.4. The molecule has 1 aliphatic heterocycles. The Morgan fingerprint density at radius 3 is 2.50 bits per heavy atom. The van der Waals surface area contributed by atoms with E-state index < -0.39 is 0 Å². The quantitative estimate of drug-likeness (QED) is 0.865. The number of hydrogen-bond donors (Lipinski definition) is 1. The molecule has 2 aromatic carbocycles. The Balaban J connectivity index is 1.53. The zero-order chi connectivity index (χ0) is 18.4. The highest BCUT2D eigenvalue weighted by atomic mass is 16.2. The van der Waals surface area contributed by atoms with Crippen LogP contribution in [0.25, 0.3) is 10.8 Å². The van der Waals surface area contributed by atoms with Crippen LogP contribution in [0.15, 0.2) is 42.5 Å². The number of piperazine rings is 1. The SMILES string of the molecule is CCCNC(=O)CN1CCN(C(=O)Cc2cccc3ccccc23)CC1. The van der Waals surface area contributed by atoms with Gasteiger partial charge in [-0.1, -0.05) is 49.4 Å². The molecular formula is C21H27N3O2. The van der Waals surface area contributed by atoms with E-state index in [0.29, 0.717) is 26.1 Å². The maximum Gasteiger partial charge on any atom is 0.234 e. The molecule has 0 saturated carbocycles. The molecule has 0 radical (unpaired) electrons. The predicted molar refractivity (Wildman–Crippen MR) is 104 cm³/mol. The van der Waals surface area contributed by atoms with Gasteiger partial charge in [0.25, 0.3) is 0 Å². The number of benzene rings is 2. The molecule has 0 unspecified atom stereocenters. The summed E-state index contributed by atoms with van der Waals surface area (Å²) in [6.07, 6.45) is 1.38. The van der Waals surface area contributed by atoms with Crippen LogP contribution in [0, 0.1) is 0 Å². The Labute approximate surface area is 155 Å². The van der Waals surface area contributed by atoms with E-state index in [2.05, 4.69) is 28.4 Å². The molecule has 5 heteroatoms. The molecule has 0 aromatic heterocycles. The van der Waals surface area contributed by atoms with Crippen LogP contribution in [0.1, 0.15) is 18.9 Å². The first-order valence-electron chi connectivity index (χ1n) is 9.41. The smallest absolute Gasteiger partial charge is 0.234 e. The average molecular weight is 353 g/mol. The van der Waals surface area contributed by atoms with Gasteiger partial charge in [0.2, 0.25) is 11.8 Å². The topological polar surface area (TPSA) is 52.7 Å². The van der Waals surface area contributed by atoms with E-state index in [-0.39, 0.29) is 11.8 Å². The summed E-state index contributed by atoms with van der Waals surface area (Å²) in [6.45, 7) is 6.06. The van der Waals surface area contributed by atoms with Gasteiger partial charge in [-0.3, -0.25) is 14.5 Å². The van der Waals surface area contributed by atoms with Crippen LogP contribution in [0.3, 0.4) is 0 Å². The summed E-state index contributed by atoms with van der Waals surface area (Å²) in [5.41, 5.74) is 1.08. The Hall–Kier alpha value is -2.40. The minimum atomic E-state index is 0.0716. The van der Waals surface area contributed by atoms with Crippen LogP contribution in [0.5, 0.6) is 0 Å². The largest absolute Gasteiger partial charge is 0.355 e. The van der Waals surface area contributed by atoms with Gasteiger partial charge in [0.1, 0.15) is 0 Å². The monoisotopic (exact) mass is 353 g/mol. The van der Waals surface area contributed by atoms with Crippen molar-refractivity contribution in [1.82, 2.24) is 15.1 Å². The van der Waals surface area contributed by atoms with Gasteiger partial charge in [-0.15, -0.1) is 0 Å². The molecule has 26 heavy (non-hydrogen) atoms. The maximum absolute atomic E-state index is 12.7. The normalized spacial score (nSPS) is 15.2. The summed E-state index contributed by atoms with van der Waals surface area (Å²) < 4.78 is 0. The molecule has 1 saturated heterocycles. The fourth-order valence-electron chi connectivity index (χ4n) is 3.40. The highest BCUT2D eigenvalue weighted by Gasteiger charge is 2.22. The molecular weight excluding hydrogens is 326 g/mol. The van der Waals surface area contributed by atoms with Gasteiger partial charge in [0.05, 0.1) is 13.0 Å². The number of rotatable bonds is 6. The van der Waals surface area contributed by atoms with Gasteiger partial charge < -0.3 is 10.2 Å². The molecule has 1 N–H and O–H groups in total. The van der Waals surface area contributed by atoms with Crippen molar-refractivity contribution in [3.63, 3.8) is 0 Å². The average Bonchev–Trinajstić information content (AvgIpc) is 2.67. The van der Waals surface area contributed by atoms with Crippen LogP contribution in [-0.2, 0) is 16.0 Å². The van der Waals surface area contributed by atoms with E-state index in [1.54, 1.807) is 0 Å². The highest BCUT2D eigenvalue weighted by molar-refractivity contribution is 5.90. The second kappa shape index (κ2) is 8.81. The zero-order valence-corrected chi connectivity index (χ0v) is 15.4. The van der Waals surface area contributed by atoms with Crippen LogP contribution < -0.4 is 5.32 Å². The third kappa shape index (κ3) is 4.61. The maximum atomic E-state index is 12.7. The molecule has 2 amide bonds. The second-order valence-corrected chi connectivity index (χ2v) is 6.82. The minimum Gasteiger partial charge on any atom is -0.355 e. The Morgan fingerprint density at radius 2 is 1.73 bits per heavy atom. The van der Waals surface area contributed by atoms with Crippen LogP contribution in [0.2, 0.25) is 0 Å². The van der Waals surface area contributed by atoms with Crippen molar-refractivity contribution in [3.8, 4) is 0 Å². The summed E-state index contributed by atoms with van der Waals surface area (Å²) in [7, 11) is 0. The molecule has 0 atom stereocenters. The molecule has 0 aliphatic carbocycles. The van der Waals surface area contributed by atoms with E-state index in [0.717, 1.165) is 37.0 Å². The van der Waals surface area contributed by atoms with Gasteiger partial charge in [-0.05, 0) is 22.8 Å². The molecule has 138 valence electrons. The Morgan fingerprint density at radius 1 is 1.00 bits per heavy atom. The molecule has 0 bridgehead atoms. The Bertz CT molecular complexity index is 761. The summed E-state index contributed by atoms with van der Waals surface area (Å²) in [6, 6.07) is 14.3. The number of nitrogens with zero attached hydrogens (tertiary/aromatic N) is 2. The van der Waals surface area contributed by atoms with E-state index in [1.165, 1.54) is 5.39 Å². The van der Waals surface area contributed by atoms with E-state index in [1.807, 2.05) is 36.1 Å². The van der Waals surface area contributed by atoms with E-state index in [9.17, 15) is 9.59 Å². The molecule has 3 rings (SSSR count). The number of carbonyl (C=O) groups is 2. The second-order valence-electron chi connectivity index (χ2n) is 6.82. The van der Waals surface area contributed by atoms with Gasteiger partial charge in [-0.25, -0.2) is 0 Å². The lowest BCUT2D eigenvalue weighted by Gasteiger charge is -2.34. The summed E-state index contributed by atoms with van der Waals surface area (Å²) in [4.78, 5) is 28.6. The van der Waals surface area contributed by atoms with Gasteiger partial charge >= 0.3 is 0 Å². The summed E-state index contributed by atoms with van der Waals surface area (Å²) >= 11 is 0. The van der Waals surface area contributed by atoms with Crippen molar-refractivity contribution in [3.05, 3.63) is 48.0 Å². The first-order valence-corrected chi connectivity index (χ1v) is 9.41. The van der Waals surface area contributed by atoms with E-state index >= 15 is 0 Å².